The van der Waals surface area contributed by atoms with E-state index >= 15 is 0 Å². The lowest BCUT2D eigenvalue weighted by Gasteiger charge is -2.33. The number of rotatable bonds is 6. The molecular weight excluding hydrogens is 510 g/mol. The average Bonchev–Trinajstić information content (AvgIpc) is 3.02. The van der Waals surface area contributed by atoms with Gasteiger partial charge in [-0.2, -0.15) is 0 Å². The summed E-state index contributed by atoms with van der Waals surface area (Å²) in [6.45, 7) is 3.20. The molecule has 2 fully saturated rings. The quantitative estimate of drug-likeness (QED) is 0.349. The van der Waals surface area contributed by atoms with Gasteiger partial charge in [0.1, 0.15) is 5.69 Å². The Labute approximate surface area is 232 Å². The summed E-state index contributed by atoms with van der Waals surface area (Å²) in [5.41, 5.74) is 2.39. The van der Waals surface area contributed by atoms with Crippen molar-refractivity contribution in [3.8, 4) is 17.1 Å². The Bertz CT molecular complexity index is 1370. The molecule has 3 amide bonds. The van der Waals surface area contributed by atoms with Gasteiger partial charge in [0.05, 0.1) is 18.9 Å². The lowest BCUT2D eigenvalue weighted by Crippen LogP contribution is -2.40. The fourth-order valence-electron chi connectivity index (χ4n) is 4.98. The number of amides is 3. The highest BCUT2D eigenvalue weighted by atomic mass is 16.5. The van der Waals surface area contributed by atoms with E-state index in [-0.39, 0.29) is 35.0 Å². The average molecular weight is 544 g/mol. The molecule has 1 aromatic heterocycles. The number of benzene rings is 2. The van der Waals surface area contributed by atoms with Crippen molar-refractivity contribution in [2.24, 2.45) is 5.92 Å². The van der Waals surface area contributed by atoms with E-state index in [9.17, 15) is 14.7 Å². The topological polar surface area (TPSA) is 144 Å². The van der Waals surface area contributed by atoms with Crippen molar-refractivity contribution in [1.29, 1.82) is 5.41 Å². The van der Waals surface area contributed by atoms with Crippen LogP contribution >= 0.6 is 0 Å². The van der Waals surface area contributed by atoms with Gasteiger partial charge < -0.3 is 35.7 Å². The summed E-state index contributed by atoms with van der Waals surface area (Å²) in [5.74, 6) is 0.461. The molecule has 2 aromatic carbocycles. The highest BCUT2D eigenvalue weighted by molar-refractivity contribution is 6.02. The first-order valence-corrected chi connectivity index (χ1v) is 13.4. The monoisotopic (exact) mass is 543 g/mol. The smallest absolute Gasteiger partial charge is 0.318 e. The van der Waals surface area contributed by atoms with Gasteiger partial charge in [0.2, 0.25) is 0 Å². The maximum atomic E-state index is 12.9. The Balaban J connectivity index is 1.39. The zero-order valence-corrected chi connectivity index (χ0v) is 22.4. The fraction of sp³-hybridized carbons (Fsp3) is 0.345. The third-order valence-electron chi connectivity index (χ3n) is 7.27. The van der Waals surface area contributed by atoms with Crippen molar-refractivity contribution in [3.63, 3.8) is 0 Å². The summed E-state index contributed by atoms with van der Waals surface area (Å²) in [6, 6.07) is 16.0. The molecule has 2 saturated heterocycles. The van der Waals surface area contributed by atoms with Crippen LogP contribution in [0.5, 0.6) is 5.75 Å². The highest BCUT2D eigenvalue weighted by Gasteiger charge is 2.31. The van der Waals surface area contributed by atoms with Crippen LogP contribution in [-0.2, 0) is 4.74 Å². The van der Waals surface area contributed by atoms with Crippen LogP contribution in [0, 0.1) is 11.3 Å². The summed E-state index contributed by atoms with van der Waals surface area (Å²) in [4.78, 5) is 37.7. The van der Waals surface area contributed by atoms with Gasteiger partial charge in [-0.25, -0.2) is 14.8 Å². The number of likely N-dealkylation sites (tertiary alicyclic amines) is 1. The van der Waals surface area contributed by atoms with Crippen LogP contribution in [0.4, 0.5) is 16.3 Å². The maximum absolute atomic E-state index is 12.9. The number of hydrogen-bond acceptors (Lipinski definition) is 8. The molecule has 3 aromatic rings. The minimum atomic E-state index is -0.324. The summed E-state index contributed by atoms with van der Waals surface area (Å²) in [7, 11) is 1.54. The van der Waals surface area contributed by atoms with Crippen LogP contribution in [0.25, 0.3) is 11.4 Å². The Morgan fingerprint density at radius 3 is 2.30 bits per heavy atom. The number of ether oxygens (including phenoxy) is 1. The number of nitrogens with one attached hydrogen (secondary N) is 3. The van der Waals surface area contributed by atoms with E-state index in [1.807, 2.05) is 40.1 Å². The second-order valence-corrected chi connectivity index (χ2v) is 9.80. The molecule has 0 spiro atoms. The standard InChI is InChI=1S/C29H33N7O4/c1-31-29(39)32-22-9-7-20(8-10-22)26-33-24(25(37)27(34-26)35-15-17-40-18-16-35)23(30)19-11-13-36(14-12-19)28(38)21-5-3-2-4-6-21/h2-10,19,30,37H,11-18H2,1H3,(H2,31,32,39). The van der Waals surface area contributed by atoms with Gasteiger partial charge in [-0.1, -0.05) is 18.2 Å². The van der Waals surface area contributed by atoms with Crippen molar-refractivity contribution >= 4 is 29.2 Å². The Hall–Kier alpha value is -4.51. The first-order valence-electron chi connectivity index (χ1n) is 13.4. The number of carbonyl (C=O) groups is 2. The van der Waals surface area contributed by atoms with E-state index in [0.717, 1.165) is 0 Å². The minimum Gasteiger partial charge on any atom is -0.503 e. The largest absolute Gasteiger partial charge is 0.503 e. The number of hydrogen-bond donors (Lipinski definition) is 4. The van der Waals surface area contributed by atoms with Crippen LogP contribution < -0.4 is 15.5 Å². The van der Waals surface area contributed by atoms with Gasteiger partial charge in [0.15, 0.2) is 17.4 Å². The molecule has 40 heavy (non-hydrogen) atoms. The van der Waals surface area contributed by atoms with Crippen LogP contribution in [0.15, 0.2) is 54.6 Å². The van der Waals surface area contributed by atoms with Gasteiger partial charge in [-0.15, -0.1) is 0 Å². The van der Waals surface area contributed by atoms with Crippen molar-refractivity contribution in [3.05, 3.63) is 65.9 Å². The molecule has 2 aliphatic heterocycles. The van der Waals surface area contributed by atoms with Gasteiger partial charge in [-0.05, 0) is 49.2 Å². The molecule has 208 valence electrons. The predicted octanol–water partition coefficient (Wildman–Crippen LogP) is 3.36. The molecule has 11 nitrogen and oxygen atoms in total. The summed E-state index contributed by atoms with van der Waals surface area (Å²) in [5, 5.41) is 25.6. The third kappa shape index (κ3) is 5.89. The number of anilines is 2. The van der Waals surface area contributed by atoms with Crippen LogP contribution in [0.3, 0.4) is 0 Å². The van der Waals surface area contributed by atoms with E-state index in [1.165, 1.54) is 0 Å². The first-order chi connectivity index (χ1) is 19.4. The minimum absolute atomic E-state index is 0.0123. The molecule has 0 aliphatic carbocycles. The SMILES string of the molecule is CNC(=O)Nc1ccc(-c2nc(C(=N)C3CCN(C(=O)c4ccccc4)CC3)c(O)c(N3CCOCC3)n2)cc1. The number of morpholine rings is 1. The van der Waals surface area contributed by atoms with Gasteiger partial charge in [0, 0.05) is 56.0 Å². The number of nitrogens with zero attached hydrogens (tertiary/aromatic N) is 4. The molecule has 5 rings (SSSR count). The predicted molar refractivity (Wildman–Crippen MR) is 152 cm³/mol. The number of aromatic nitrogens is 2. The maximum Gasteiger partial charge on any atom is 0.318 e. The Morgan fingerprint density at radius 1 is 0.975 bits per heavy atom. The molecule has 2 aliphatic rings. The van der Waals surface area contributed by atoms with Gasteiger partial charge in [-0.3, -0.25) is 4.79 Å². The van der Waals surface area contributed by atoms with Gasteiger partial charge >= 0.3 is 6.03 Å². The van der Waals surface area contributed by atoms with Crippen molar-refractivity contribution < 1.29 is 19.4 Å². The highest BCUT2D eigenvalue weighted by Crippen LogP contribution is 2.34. The zero-order chi connectivity index (χ0) is 28.1. The van der Waals surface area contributed by atoms with Crippen LogP contribution in [0.1, 0.15) is 28.9 Å². The second-order valence-electron chi connectivity index (χ2n) is 9.80. The molecular formula is C29H33N7O4. The van der Waals surface area contributed by atoms with E-state index in [2.05, 4.69) is 15.6 Å². The lowest BCUT2D eigenvalue weighted by molar-refractivity contribution is 0.0710. The Kier molecular flexibility index (Phi) is 8.20. The molecule has 0 unspecified atom stereocenters. The van der Waals surface area contributed by atoms with E-state index in [0.29, 0.717) is 80.7 Å². The first kappa shape index (κ1) is 27.1. The summed E-state index contributed by atoms with van der Waals surface area (Å²) < 4.78 is 5.48. The molecule has 0 bridgehead atoms. The van der Waals surface area contributed by atoms with Crippen molar-refractivity contribution in [2.75, 3.05) is 56.7 Å². The van der Waals surface area contributed by atoms with E-state index in [1.54, 1.807) is 31.3 Å². The number of piperidine rings is 1. The van der Waals surface area contributed by atoms with Crippen LogP contribution in [-0.4, -0.2) is 84.1 Å². The molecule has 0 radical (unpaired) electrons. The molecule has 11 heteroatoms. The lowest BCUT2D eigenvalue weighted by atomic mass is 9.89. The molecule has 4 N–H and O–H groups in total. The second kappa shape index (κ2) is 12.1. The normalized spacial score (nSPS) is 15.9. The third-order valence-corrected chi connectivity index (χ3v) is 7.27. The van der Waals surface area contributed by atoms with Gasteiger partial charge in [0.25, 0.3) is 5.91 Å². The molecule has 0 atom stereocenters. The number of urea groups is 1. The zero-order valence-electron chi connectivity index (χ0n) is 22.4. The van der Waals surface area contributed by atoms with Crippen molar-refractivity contribution in [1.82, 2.24) is 20.2 Å². The number of aromatic hydroxyl groups is 1. The molecule has 0 saturated carbocycles. The van der Waals surface area contributed by atoms with E-state index < -0.39 is 0 Å². The van der Waals surface area contributed by atoms with Crippen molar-refractivity contribution in [2.45, 2.75) is 12.8 Å². The number of carbonyl (C=O) groups excluding carboxylic acids is 2. The van der Waals surface area contributed by atoms with Crippen LogP contribution in [0.2, 0.25) is 0 Å². The molecule has 3 heterocycles. The van der Waals surface area contributed by atoms with E-state index in [4.69, 9.17) is 15.1 Å². The fourth-order valence-corrected chi connectivity index (χ4v) is 4.98. The Morgan fingerprint density at radius 2 is 1.65 bits per heavy atom. The summed E-state index contributed by atoms with van der Waals surface area (Å²) >= 11 is 0. The summed E-state index contributed by atoms with van der Waals surface area (Å²) in [6.07, 6.45) is 1.20.